The zero-order valence-electron chi connectivity index (χ0n) is 15.4. The van der Waals surface area contributed by atoms with Gasteiger partial charge in [0.05, 0.1) is 22.6 Å². The maximum absolute atomic E-state index is 12.7. The smallest absolute Gasteiger partial charge is 0.317 e. The van der Waals surface area contributed by atoms with E-state index in [0.29, 0.717) is 44.3 Å². The van der Waals surface area contributed by atoms with Crippen molar-refractivity contribution < 1.29 is 23.7 Å². The first-order valence-corrected chi connectivity index (χ1v) is 10.0. The fraction of sp³-hybridized carbons (Fsp3) is 0.200. The zero-order valence-corrected chi connectivity index (χ0v) is 17.1. The van der Waals surface area contributed by atoms with Crippen molar-refractivity contribution in [2.45, 2.75) is 19.1 Å². The van der Waals surface area contributed by atoms with Gasteiger partial charge in [-0.25, -0.2) is 4.84 Å². The molecule has 9 heteroatoms. The number of carbonyl (C=O) groups excluding carboxylic acids is 1. The van der Waals surface area contributed by atoms with Crippen molar-refractivity contribution in [3.8, 4) is 0 Å². The van der Waals surface area contributed by atoms with E-state index in [9.17, 15) is 9.70 Å². The topological polar surface area (TPSA) is 72.0 Å². The number of ether oxygens (including phenoxy) is 1. The van der Waals surface area contributed by atoms with Crippen LogP contribution in [0.15, 0.2) is 64.1 Å². The van der Waals surface area contributed by atoms with Crippen LogP contribution in [0, 0.1) is 4.91 Å². The normalized spacial score (nSPS) is 20.2. The van der Waals surface area contributed by atoms with Crippen molar-refractivity contribution in [1.82, 2.24) is 4.90 Å². The number of hydrogen-bond donors (Lipinski definition) is 0. The number of hydrogen-bond acceptors (Lipinski definition) is 7. The Hall–Kier alpha value is -2.91. The highest BCUT2D eigenvalue weighted by molar-refractivity contribution is 8.26. The number of rotatable bonds is 6. The Morgan fingerprint density at radius 3 is 3.00 bits per heavy atom. The summed E-state index contributed by atoms with van der Waals surface area (Å²) in [6.45, 7) is 0.308. The van der Waals surface area contributed by atoms with Crippen molar-refractivity contribution in [1.29, 1.82) is 0 Å². The molecule has 7 nitrogen and oxygen atoms in total. The van der Waals surface area contributed by atoms with Gasteiger partial charge in [-0.15, -0.1) is 0 Å². The second kappa shape index (κ2) is 8.22. The lowest BCUT2D eigenvalue weighted by atomic mass is 10.1. The summed E-state index contributed by atoms with van der Waals surface area (Å²) in [4.78, 5) is 31.5. The third-order valence-corrected chi connectivity index (χ3v) is 5.82. The molecule has 1 atom stereocenters. The molecule has 1 fully saturated rings. The summed E-state index contributed by atoms with van der Waals surface area (Å²) in [6, 6.07) is 10.5. The number of thioether (sulfide) groups is 1. The molecule has 1 unspecified atom stereocenters. The summed E-state index contributed by atoms with van der Waals surface area (Å²) in [5.74, 6) is 1.17. The van der Waals surface area contributed by atoms with Gasteiger partial charge in [0.25, 0.3) is 10.8 Å². The van der Waals surface area contributed by atoms with Gasteiger partial charge >= 0.3 is 5.69 Å². The van der Waals surface area contributed by atoms with Crippen LogP contribution >= 0.6 is 24.0 Å². The average molecular weight is 429 g/mol. The van der Waals surface area contributed by atoms with E-state index in [0.717, 1.165) is 5.56 Å². The number of benzene rings is 1. The predicted octanol–water partition coefficient (Wildman–Crippen LogP) is 4.33. The van der Waals surface area contributed by atoms with Gasteiger partial charge in [0.15, 0.2) is 7.11 Å². The first kappa shape index (κ1) is 19.4. The predicted molar refractivity (Wildman–Crippen MR) is 112 cm³/mol. The minimum Gasteiger partial charge on any atom is -0.486 e. The molecule has 148 valence electrons. The number of nitrogens with zero attached hydrogens (tertiary/aromatic N) is 2. The van der Waals surface area contributed by atoms with Crippen molar-refractivity contribution in [2.75, 3.05) is 7.11 Å². The molecule has 0 aliphatic carbocycles. The van der Waals surface area contributed by atoms with E-state index in [1.807, 2.05) is 12.1 Å². The summed E-state index contributed by atoms with van der Waals surface area (Å²) in [6.07, 6.45) is 5.64. The fourth-order valence-electron chi connectivity index (χ4n) is 3.03. The van der Waals surface area contributed by atoms with Gasteiger partial charge in [-0.05, 0) is 24.3 Å². The van der Waals surface area contributed by atoms with Crippen LogP contribution in [0.4, 0.5) is 5.69 Å². The summed E-state index contributed by atoms with van der Waals surface area (Å²) in [5, 5.41) is 0. The second-order valence-electron chi connectivity index (χ2n) is 6.32. The molecule has 2 aliphatic rings. The van der Waals surface area contributed by atoms with Crippen molar-refractivity contribution in [2.24, 2.45) is 0 Å². The molecule has 0 bridgehead atoms. The fourth-order valence-corrected chi connectivity index (χ4v) is 4.31. The lowest BCUT2D eigenvalue weighted by Crippen LogP contribution is -2.27. The van der Waals surface area contributed by atoms with Crippen LogP contribution in [0.5, 0.6) is 0 Å². The Bertz CT molecular complexity index is 1030. The number of furan rings is 1. The van der Waals surface area contributed by atoms with E-state index < -0.39 is 0 Å². The minimum atomic E-state index is -0.280. The van der Waals surface area contributed by atoms with Crippen LogP contribution in [0.3, 0.4) is 0 Å². The molecule has 29 heavy (non-hydrogen) atoms. The third kappa shape index (κ3) is 4.10. The molecule has 0 spiro atoms. The van der Waals surface area contributed by atoms with E-state index in [2.05, 4.69) is 4.84 Å². The maximum Gasteiger partial charge on any atom is 0.317 e. The van der Waals surface area contributed by atoms with Crippen LogP contribution in [0.25, 0.3) is 5.76 Å². The van der Waals surface area contributed by atoms with Crippen LogP contribution < -0.4 is 0 Å². The summed E-state index contributed by atoms with van der Waals surface area (Å²) in [7, 11) is 1.31. The highest BCUT2D eigenvalue weighted by Gasteiger charge is 2.34. The maximum atomic E-state index is 12.7. The summed E-state index contributed by atoms with van der Waals surface area (Å²) >= 11 is 6.60. The van der Waals surface area contributed by atoms with E-state index in [-0.39, 0.29) is 12.0 Å². The SMILES string of the molecule is CO[N+](=O)c1cccc(C2=CCC(/C=C3/SC(=S)N(Cc4ccco4)C3=O)O2)c1. The van der Waals surface area contributed by atoms with Crippen molar-refractivity contribution in [3.05, 3.63) is 75.9 Å². The van der Waals surface area contributed by atoms with Gasteiger partial charge in [0, 0.05) is 24.1 Å². The molecule has 0 radical (unpaired) electrons. The Kier molecular flexibility index (Phi) is 5.50. The average Bonchev–Trinajstić information content (AvgIpc) is 3.47. The van der Waals surface area contributed by atoms with Crippen LogP contribution in [0.2, 0.25) is 0 Å². The minimum absolute atomic E-state index is 0.155. The standard InChI is InChI=1S/C20H17N2O5S2/c1-25-22(24)14-5-2-4-13(10-14)17-8-7-15(27-17)11-18-19(23)21(20(28)29-18)12-16-6-3-9-26-16/h2-6,8-11,15H,7,12H2,1H3/q+1/b18-11+. The quantitative estimate of drug-likeness (QED) is 0.385. The van der Waals surface area contributed by atoms with E-state index >= 15 is 0 Å². The van der Waals surface area contributed by atoms with Gasteiger partial charge < -0.3 is 9.15 Å². The highest BCUT2D eigenvalue weighted by atomic mass is 32.2. The molecule has 1 saturated heterocycles. The van der Waals surface area contributed by atoms with Gasteiger partial charge in [0.1, 0.15) is 21.9 Å². The molecule has 4 rings (SSSR count). The molecular formula is C20H17N2O5S2+. The Balaban J connectivity index is 1.44. The Labute approximate surface area is 176 Å². The van der Waals surface area contributed by atoms with E-state index in [1.165, 1.54) is 23.8 Å². The molecule has 1 amide bonds. The Morgan fingerprint density at radius 1 is 1.38 bits per heavy atom. The molecule has 0 saturated carbocycles. The number of amides is 1. The first-order chi connectivity index (χ1) is 14.0. The highest BCUT2D eigenvalue weighted by Crippen LogP contribution is 2.35. The van der Waals surface area contributed by atoms with Gasteiger partial charge in [-0.3, -0.25) is 9.69 Å². The van der Waals surface area contributed by atoms with Crippen molar-refractivity contribution >= 4 is 45.7 Å². The second-order valence-corrected chi connectivity index (χ2v) is 8.00. The van der Waals surface area contributed by atoms with E-state index in [4.69, 9.17) is 21.4 Å². The molecule has 2 aliphatic heterocycles. The van der Waals surface area contributed by atoms with Gasteiger partial charge in [-0.2, -0.15) is 0 Å². The molecule has 1 aromatic carbocycles. The number of carbonyl (C=O) groups is 1. The van der Waals surface area contributed by atoms with Crippen molar-refractivity contribution in [3.63, 3.8) is 0 Å². The number of thiocarbonyl (C=S) groups is 1. The Morgan fingerprint density at radius 2 is 2.24 bits per heavy atom. The molecular weight excluding hydrogens is 412 g/mol. The monoisotopic (exact) mass is 429 g/mol. The van der Waals surface area contributed by atoms with Crippen LogP contribution in [-0.4, -0.2) is 33.3 Å². The van der Waals surface area contributed by atoms with Gasteiger partial charge in [0.2, 0.25) is 0 Å². The molecule has 0 N–H and O–H groups in total. The molecule has 3 heterocycles. The summed E-state index contributed by atoms with van der Waals surface area (Å²) in [5.41, 5.74) is 1.14. The molecule has 1 aromatic heterocycles. The van der Waals surface area contributed by atoms with Crippen LogP contribution in [-0.2, 0) is 20.9 Å². The summed E-state index contributed by atoms with van der Waals surface area (Å²) < 4.78 is 11.8. The van der Waals surface area contributed by atoms with Crippen LogP contribution in [0.1, 0.15) is 17.7 Å². The third-order valence-electron chi connectivity index (χ3n) is 4.43. The zero-order chi connectivity index (χ0) is 20.4. The van der Waals surface area contributed by atoms with Gasteiger partial charge in [-0.1, -0.05) is 36.1 Å². The largest absolute Gasteiger partial charge is 0.486 e. The lowest BCUT2D eigenvalue weighted by Gasteiger charge is -2.12. The lowest BCUT2D eigenvalue weighted by molar-refractivity contribution is -0.736. The molecule has 2 aromatic rings. The first-order valence-electron chi connectivity index (χ1n) is 8.81. The van der Waals surface area contributed by atoms with E-state index in [1.54, 1.807) is 42.7 Å².